The Balaban J connectivity index is 1.65. The van der Waals surface area contributed by atoms with Gasteiger partial charge in [-0.05, 0) is 47.7 Å². The fourth-order valence-electron chi connectivity index (χ4n) is 2.75. The minimum absolute atomic E-state index is 0.0129. The summed E-state index contributed by atoms with van der Waals surface area (Å²) in [4.78, 5) is 26.1. The van der Waals surface area contributed by atoms with Crippen LogP contribution in [-0.4, -0.2) is 51.8 Å². The molecular weight excluding hydrogens is 428 g/mol. The van der Waals surface area contributed by atoms with Crippen molar-refractivity contribution in [3.8, 4) is 11.5 Å². The standard InChI is InChI=1S/C20H20N2O6S2/c1-27-15-9-7-14(8-10-15)13-17-19(23)22(20(24)29-17)12-11-21-30(25,26)18-6-4-3-5-16(18)28-2/h3-10,13,21H,11-12H2,1-2H3/b17-13+. The smallest absolute Gasteiger partial charge is 0.293 e. The molecule has 0 bridgehead atoms. The summed E-state index contributed by atoms with van der Waals surface area (Å²) in [5, 5.41) is -0.448. The Hall–Kier alpha value is -2.82. The number of para-hydroxylation sites is 1. The number of carbonyl (C=O) groups is 2. The number of hydrogen-bond acceptors (Lipinski definition) is 7. The molecule has 1 N–H and O–H groups in total. The van der Waals surface area contributed by atoms with Crippen LogP contribution in [0.25, 0.3) is 6.08 Å². The van der Waals surface area contributed by atoms with Crippen LogP contribution in [0.5, 0.6) is 11.5 Å². The lowest BCUT2D eigenvalue weighted by Crippen LogP contribution is -2.37. The normalized spacial score (nSPS) is 15.7. The minimum atomic E-state index is -3.86. The highest BCUT2D eigenvalue weighted by molar-refractivity contribution is 8.18. The zero-order valence-corrected chi connectivity index (χ0v) is 18.0. The zero-order valence-electron chi connectivity index (χ0n) is 16.3. The predicted octanol–water partition coefficient (Wildman–Crippen LogP) is 2.72. The number of rotatable bonds is 8. The van der Waals surface area contributed by atoms with E-state index < -0.39 is 21.2 Å². The predicted molar refractivity (Wildman–Crippen MR) is 114 cm³/mol. The van der Waals surface area contributed by atoms with Gasteiger partial charge in [0.1, 0.15) is 16.4 Å². The molecule has 0 atom stereocenters. The fraction of sp³-hybridized carbons (Fsp3) is 0.200. The van der Waals surface area contributed by atoms with Crippen LogP contribution in [0.2, 0.25) is 0 Å². The molecule has 1 heterocycles. The monoisotopic (exact) mass is 448 g/mol. The second-order valence-corrected chi connectivity index (χ2v) is 8.88. The summed E-state index contributed by atoms with van der Waals surface area (Å²) >= 11 is 0.817. The van der Waals surface area contributed by atoms with Gasteiger partial charge >= 0.3 is 0 Å². The highest BCUT2D eigenvalue weighted by Crippen LogP contribution is 2.32. The number of benzene rings is 2. The molecule has 10 heteroatoms. The van der Waals surface area contributed by atoms with Crippen LogP contribution in [-0.2, 0) is 14.8 Å². The van der Waals surface area contributed by atoms with E-state index in [2.05, 4.69) is 4.72 Å². The fourth-order valence-corrected chi connectivity index (χ4v) is 4.81. The number of thioether (sulfide) groups is 1. The van der Waals surface area contributed by atoms with Gasteiger partial charge in [-0.2, -0.15) is 0 Å². The van der Waals surface area contributed by atoms with Crippen LogP contribution in [0.15, 0.2) is 58.3 Å². The molecule has 0 aliphatic carbocycles. The lowest BCUT2D eigenvalue weighted by molar-refractivity contribution is -0.122. The molecule has 0 radical (unpaired) electrons. The third kappa shape index (κ3) is 4.84. The molecule has 0 saturated carbocycles. The SMILES string of the molecule is COc1ccc(/C=C2/SC(=O)N(CCNS(=O)(=O)c3ccccc3OC)C2=O)cc1. The van der Waals surface area contributed by atoms with Crippen molar-refractivity contribution >= 4 is 39.0 Å². The number of nitrogens with one attached hydrogen (secondary N) is 1. The molecule has 1 aliphatic rings. The third-order valence-electron chi connectivity index (χ3n) is 4.27. The number of amides is 2. The third-order valence-corrected chi connectivity index (χ3v) is 6.68. The van der Waals surface area contributed by atoms with Gasteiger partial charge in [-0.1, -0.05) is 24.3 Å². The van der Waals surface area contributed by atoms with Crippen molar-refractivity contribution in [2.45, 2.75) is 4.90 Å². The molecule has 2 aromatic rings. The van der Waals surface area contributed by atoms with Gasteiger partial charge < -0.3 is 9.47 Å². The summed E-state index contributed by atoms with van der Waals surface area (Å²) in [6.07, 6.45) is 1.61. The maximum Gasteiger partial charge on any atom is 0.293 e. The summed E-state index contributed by atoms with van der Waals surface area (Å²) in [5.74, 6) is 0.429. The Bertz CT molecular complexity index is 1080. The first-order valence-electron chi connectivity index (χ1n) is 8.88. The van der Waals surface area contributed by atoms with Crippen molar-refractivity contribution in [1.82, 2.24) is 9.62 Å². The molecule has 0 aromatic heterocycles. The van der Waals surface area contributed by atoms with Gasteiger partial charge in [0.05, 0.1) is 19.1 Å². The molecule has 158 valence electrons. The number of methoxy groups -OCH3 is 2. The quantitative estimate of drug-likeness (QED) is 0.620. The van der Waals surface area contributed by atoms with E-state index >= 15 is 0 Å². The van der Waals surface area contributed by atoms with Crippen molar-refractivity contribution < 1.29 is 27.5 Å². The summed E-state index contributed by atoms with van der Waals surface area (Å²) in [7, 11) is -0.919. The van der Waals surface area contributed by atoms with Crippen molar-refractivity contribution in [1.29, 1.82) is 0 Å². The van der Waals surface area contributed by atoms with Crippen LogP contribution in [0.4, 0.5) is 4.79 Å². The summed E-state index contributed by atoms with van der Waals surface area (Å²) in [5.41, 5.74) is 0.748. The Morgan fingerprint density at radius 1 is 1.03 bits per heavy atom. The van der Waals surface area contributed by atoms with E-state index in [4.69, 9.17) is 9.47 Å². The second-order valence-electron chi connectivity index (χ2n) is 6.16. The van der Waals surface area contributed by atoms with E-state index in [0.29, 0.717) is 5.75 Å². The minimum Gasteiger partial charge on any atom is -0.497 e. The van der Waals surface area contributed by atoms with Gasteiger partial charge in [0.25, 0.3) is 11.1 Å². The molecular formula is C20H20N2O6S2. The number of nitrogens with zero attached hydrogens (tertiary/aromatic N) is 1. The number of ether oxygens (including phenoxy) is 2. The summed E-state index contributed by atoms with van der Waals surface area (Å²) in [6, 6.07) is 13.2. The van der Waals surface area contributed by atoms with Gasteiger partial charge in [0, 0.05) is 13.1 Å². The number of imide groups is 1. The Morgan fingerprint density at radius 2 is 1.73 bits per heavy atom. The average molecular weight is 449 g/mol. The second kappa shape index (κ2) is 9.33. The van der Waals surface area contributed by atoms with Crippen LogP contribution in [0, 0.1) is 0 Å². The van der Waals surface area contributed by atoms with Crippen molar-refractivity contribution in [2.75, 3.05) is 27.3 Å². The molecule has 8 nitrogen and oxygen atoms in total. The van der Waals surface area contributed by atoms with Gasteiger partial charge in [0.2, 0.25) is 10.0 Å². The van der Waals surface area contributed by atoms with Gasteiger partial charge in [-0.3, -0.25) is 14.5 Å². The summed E-state index contributed by atoms with van der Waals surface area (Å²) < 4.78 is 37.6. The number of carbonyl (C=O) groups excluding carboxylic acids is 2. The van der Waals surface area contributed by atoms with Crippen LogP contribution >= 0.6 is 11.8 Å². The van der Waals surface area contributed by atoms with E-state index in [-0.39, 0.29) is 28.6 Å². The van der Waals surface area contributed by atoms with Gasteiger partial charge in [-0.15, -0.1) is 0 Å². The number of hydrogen-bond donors (Lipinski definition) is 1. The first-order valence-corrected chi connectivity index (χ1v) is 11.2. The van der Waals surface area contributed by atoms with E-state index in [1.54, 1.807) is 49.6 Å². The van der Waals surface area contributed by atoms with Crippen molar-refractivity contribution in [3.63, 3.8) is 0 Å². The topological polar surface area (TPSA) is 102 Å². The zero-order chi connectivity index (χ0) is 21.7. The van der Waals surface area contributed by atoms with Crippen LogP contribution < -0.4 is 14.2 Å². The first kappa shape index (κ1) is 21.9. The van der Waals surface area contributed by atoms with E-state index in [1.165, 1.54) is 19.2 Å². The van der Waals surface area contributed by atoms with Crippen LogP contribution in [0.1, 0.15) is 5.56 Å². The molecule has 3 rings (SSSR count). The molecule has 2 aromatic carbocycles. The Kier molecular flexibility index (Phi) is 6.80. The molecule has 0 unspecified atom stereocenters. The van der Waals surface area contributed by atoms with Gasteiger partial charge in [0.15, 0.2) is 0 Å². The van der Waals surface area contributed by atoms with Gasteiger partial charge in [-0.25, -0.2) is 13.1 Å². The maximum absolute atomic E-state index is 12.6. The van der Waals surface area contributed by atoms with Crippen LogP contribution in [0.3, 0.4) is 0 Å². The largest absolute Gasteiger partial charge is 0.497 e. The van der Waals surface area contributed by atoms with E-state index in [9.17, 15) is 18.0 Å². The molecule has 1 fully saturated rings. The molecule has 1 saturated heterocycles. The highest BCUT2D eigenvalue weighted by atomic mass is 32.2. The van der Waals surface area contributed by atoms with E-state index in [0.717, 1.165) is 22.2 Å². The molecule has 0 spiro atoms. The first-order chi connectivity index (χ1) is 14.4. The lowest BCUT2D eigenvalue weighted by atomic mass is 10.2. The molecule has 30 heavy (non-hydrogen) atoms. The van der Waals surface area contributed by atoms with Crippen molar-refractivity contribution in [2.24, 2.45) is 0 Å². The Morgan fingerprint density at radius 3 is 2.40 bits per heavy atom. The van der Waals surface area contributed by atoms with Crippen molar-refractivity contribution in [3.05, 3.63) is 59.0 Å². The molecule has 1 aliphatic heterocycles. The maximum atomic E-state index is 12.6. The average Bonchev–Trinajstić information content (AvgIpc) is 3.01. The lowest BCUT2D eigenvalue weighted by Gasteiger charge is -2.14. The Labute approximate surface area is 178 Å². The summed E-state index contributed by atoms with van der Waals surface area (Å²) in [6.45, 7) is -0.201. The highest BCUT2D eigenvalue weighted by Gasteiger charge is 2.35. The van der Waals surface area contributed by atoms with E-state index in [1.807, 2.05) is 0 Å². The number of sulfonamides is 1. The molecule has 2 amide bonds.